The summed E-state index contributed by atoms with van der Waals surface area (Å²) in [5, 5.41) is 9.24. The number of carbonyl (C=O) groups excluding carboxylic acids is 2. The lowest BCUT2D eigenvalue weighted by Crippen LogP contribution is -2.47. The monoisotopic (exact) mass is 334 g/mol. The maximum absolute atomic E-state index is 12.6. The smallest absolute Gasteiger partial charge is 0.233 e. The molecule has 1 saturated heterocycles. The molecule has 2 fully saturated rings. The average Bonchev–Trinajstić information content (AvgIpc) is 3.06. The molecule has 0 bridgehead atoms. The van der Waals surface area contributed by atoms with Crippen molar-refractivity contribution in [3.8, 4) is 0 Å². The van der Waals surface area contributed by atoms with Crippen LogP contribution < -0.4 is 0 Å². The van der Waals surface area contributed by atoms with Gasteiger partial charge in [0.2, 0.25) is 11.8 Å². The first-order chi connectivity index (χ1) is 12.2. The fraction of sp³-hybridized carbons (Fsp3) is 0.368. The first kappa shape index (κ1) is 14.6. The van der Waals surface area contributed by atoms with Crippen LogP contribution in [0, 0.1) is 17.8 Å². The molecule has 2 heterocycles. The molecule has 0 N–H and O–H groups in total. The lowest BCUT2D eigenvalue weighted by atomic mass is 9.55. The summed E-state index contributed by atoms with van der Waals surface area (Å²) in [5.41, 5.74) is 2.82. The van der Waals surface area contributed by atoms with E-state index < -0.39 is 0 Å². The number of aromatic nitrogens is 3. The van der Waals surface area contributed by atoms with E-state index in [4.69, 9.17) is 0 Å². The van der Waals surface area contributed by atoms with Crippen LogP contribution in [-0.2, 0) is 16.1 Å². The summed E-state index contributed by atoms with van der Waals surface area (Å²) in [5.74, 6) is -0.472. The van der Waals surface area contributed by atoms with Gasteiger partial charge in [0.05, 0.1) is 24.1 Å². The Morgan fingerprint density at radius 1 is 1.00 bits per heavy atom. The first-order valence-electron chi connectivity index (χ1n) is 8.71. The molecule has 6 heteroatoms. The quantitative estimate of drug-likeness (QED) is 0.801. The Hall–Kier alpha value is -2.76. The molecule has 2 aliphatic carbocycles. The molecule has 6 nitrogen and oxygen atoms in total. The number of likely N-dealkylation sites (tertiary alicyclic amines) is 1. The van der Waals surface area contributed by atoms with Gasteiger partial charge in [0.25, 0.3) is 0 Å². The molecule has 3 aliphatic rings. The summed E-state index contributed by atoms with van der Waals surface area (Å²) in [6.45, 7) is 2.89. The number of carbonyl (C=O) groups is 2. The fourth-order valence-corrected chi connectivity index (χ4v) is 4.53. The Balaban J connectivity index is 1.47. The number of amides is 2. The number of benzene rings is 1. The summed E-state index contributed by atoms with van der Waals surface area (Å²) in [6.07, 6.45) is 3.99. The van der Waals surface area contributed by atoms with Gasteiger partial charge in [-0.1, -0.05) is 36.4 Å². The molecular weight excluding hydrogens is 316 g/mol. The van der Waals surface area contributed by atoms with Crippen molar-refractivity contribution in [3.63, 3.8) is 0 Å². The van der Waals surface area contributed by atoms with E-state index in [-0.39, 0.29) is 35.5 Å². The highest BCUT2D eigenvalue weighted by Crippen LogP contribution is 2.59. The van der Waals surface area contributed by atoms with E-state index in [1.807, 2.05) is 49.4 Å². The van der Waals surface area contributed by atoms with Gasteiger partial charge in [-0.3, -0.25) is 14.5 Å². The van der Waals surface area contributed by atoms with Gasteiger partial charge >= 0.3 is 0 Å². The van der Waals surface area contributed by atoms with Crippen LogP contribution in [0.5, 0.6) is 0 Å². The van der Waals surface area contributed by atoms with E-state index in [0.717, 1.165) is 17.0 Å². The van der Waals surface area contributed by atoms with E-state index in [1.165, 1.54) is 4.90 Å². The number of rotatable bonds is 3. The molecule has 0 radical (unpaired) electrons. The molecular formula is C19H18N4O2. The molecule has 126 valence electrons. The first-order valence-corrected chi connectivity index (χ1v) is 8.71. The highest BCUT2D eigenvalue weighted by atomic mass is 16.2. The van der Waals surface area contributed by atoms with Crippen LogP contribution in [0.4, 0.5) is 0 Å². The normalized spacial score (nSPS) is 29.2. The number of hydrogen-bond acceptors (Lipinski definition) is 4. The molecule has 2 amide bonds. The van der Waals surface area contributed by atoms with Crippen LogP contribution in [0.3, 0.4) is 0 Å². The molecule has 1 aromatic heterocycles. The lowest BCUT2D eigenvalue weighted by Gasteiger charge is -2.44. The van der Waals surface area contributed by atoms with Crippen LogP contribution in [0.1, 0.15) is 29.8 Å². The summed E-state index contributed by atoms with van der Waals surface area (Å²) in [6, 6.07) is 10.0. The molecule has 5 rings (SSSR count). The molecule has 1 saturated carbocycles. The topological polar surface area (TPSA) is 68.1 Å². The van der Waals surface area contributed by atoms with E-state index in [1.54, 1.807) is 4.80 Å². The third-order valence-electron chi connectivity index (χ3n) is 5.69. The number of nitrogens with zero attached hydrogens (tertiary/aromatic N) is 4. The molecule has 0 unspecified atom stereocenters. The molecule has 25 heavy (non-hydrogen) atoms. The van der Waals surface area contributed by atoms with Crippen molar-refractivity contribution < 1.29 is 9.59 Å². The second-order valence-corrected chi connectivity index (χ2v) is 6.92. The Morgan fingerprint density at radius 2 is 1.76 bits per heavy atom. The van der Waals surface area contributed by atoms with Gasteiger partial charge in [-0.2, -0.15) is 15.0 Å². The molecule has 1 aromatic carbocycles. The minimum absolute atomic E-state index is 0.0116. The minimum Gasteiger partial charge on any atom is -0.282 e. The molecule has 0 spiro atoms. The van der Waals surface area contributed by atoms with Crippen LogP contribution in [-0.4, -0.2) is 38.3 Å². The number of allylic oxidation sites excluding steroid dienone is 1. The van der Waals surface area contributed by atoms with Crippen molar-refractivity contribution in [2.24, 2.45) is 17.8 Å². The fourth-order valence-electron chi connectivity index (χ4n) is 4.53. The highest BCUT2D eigenvalue weighted by Gasteiger charge is 2.65. The van der Waals surface area contributed by atoms with Gasteiger partial charge in [0.15, 0.2) is 0 Å². The second kappa shape index (κ2) is 5.12. The van der Waals surface area contributed by atoms with Gasteiger partial charge in [-0.25, -0.2) is 0 Å². The Morgan fingerprint density at radius 3 is 2.52 bits per heavy atom. The van der Waals surface area contributed by atoms with Crippen LogP contribution in [0.2, 0.25) is 0 Å². The van der Waals surface area contributed by atoms with Crippen LogP contribution in [0.15, 0.2) is 36.4 Å². The van der Waals surface area contributed by atoms with Gasteiger partial charge < -0.3 is 0 Å². The average molecular weight is 334 g/mol. The zero-order chi connectivity index (χ0) is 17.1. The standard InChI is InChI=1S/C19H18N4O2/c1-2-22-18(24)15-12-8-9-13-17(14(12)16(15)19(22)25)21-23(20-13)10-11-6-4-3-5-7-11/h3-9,12,14-16H,2,10H2,1H3/t12-,14+,15+,16-/m1/s1. The van der Waals surface area contributed by atoms with Crippen molar-refractivity contribution in [2.45, 2.75) is 19.4 Å². The minimum atomic E-state index is -0.261. The predicted octanol–water partition coefficient (Wildman–Crippen LogP) is 1.69. The van der Waals surface area contributed by atoms with Crippen LogP contribution in [0.25, 0.3) is 6.08 Å². The molecule has 4 atom stereocenters. The number of imide groups is 1. The van der Waals surface area contributed by atoms with Crippen molar-refractivity contribution in [2.75, 3.05) is 6.54 Å². The van der Waals surface area contributed by atoms with Crippen molar-refractivity contribution in [1.29, 1.82) is 0 Å². The third kappa shape index (κ3) is 1.91. The van der Waals surface area contributed by atoms with E-state index in [0.29, 0.717) is 13.1 Å². The maximum Gasteiger partial charge on any atom is 0.233 e. The van der Waals surface area contributed by atoms with Gasteiger partial charge in [-0.15, -0.1) is 0 Å². The summed E-state index contributed by atoms with van der Waals surface area (Å²) in [4.78, 5) is 28.1. The van der Waals surface area contributed by atoms with Gasteiger partial charge in [-0.05, 0) is 24.5 Å². The van der Waals surface area contributed by atoms with E-state index in [2.05, 4.69) is 10.2 Å². The molecule has 2 aromatic rings. The zero-order valence-electron chi connectivity index (χ0n) is 13.9. The van der Waals surface area contributed by atoms with E-state index in [9.17, 15) is 9.59 Å². The second-order valence-electron chi connectivity index (χ2n) is 6.92. The van der Waals surface area contributed by atoms with E-state index >= 15 is 0 Å². The maximum atomic E-state index is 12.6. The Kier molecular flexibility index (Phi) is 2.98. The highest BCUT2D eigenvalue weighted by molar-refractivity contribution is 6.07. The summed E-state index contributed by atoms with van der Waals surface area (Å²) < 4.78 is 0. The Labute approximate surface area is 145 Å². The molecule has 1 aliphatic heterocycles. The summed E-state index contributed by atoms with van der Waals surface area (Å²) in [7, 11) is 0. The third-order valence-corrected chi connectivity index (χ3v) is 5.69. The van der Waals surface area contributed by atoms with Gasteiger partial charge in [0, 0.05) is 12.5 Å². The van der Waals surface area contributed by atoms with Crippen LogP contribution >= 0.6 is 0 Å². The lowest BCUT2D eigenvalue weighted by molar-refractivity contribution is -0.139. The van der Waals surface area contributed by atoms with Crippen molar-refractivity contribution in [1.82, 2.24) is 19.9 Å². The SMILES string of the molecule is CCN1C(=O)[C@H]2[C@@H]3C=Cc4nn(Cc5ccccc5)nc4[C@@H]3[C@H]2C1=O. The predicted molar refractivity (Wildman–Crippen MR) is 90.2 cm³/mol. The number of fused-ring (bicyclic) bond motifs is 6. The summed E-state index contributed by atoms with van der Waals surface area (Å²) >= 11 is 0. The zero-order valence-corrected chi connectivity index (χ0v) is 13.9. The van der Waals surface area contributed by atoms with Crippen molar-refractivity contribution in [3.05, 3.63) is 53.4 Å². The van der Waals surface area contributed by atoms with Gasteiger partial charge in [0.1, 0.15) is 5.69 Å². The Bertz CT molecular complexity index is 901. The number of hydrogen-bond donors (Lipinski definition) is 0. The largest absolute Gasteiger partial charge is 0.282 e. The van der Waals surface area contributed by atoms with Crippen molar-refractivity contribution >= 4 is 17.9 Å².